The van der Waals surface area contributed by atoms with Crippen LogP contribution in [0.5, 0.6) is 0 Å². The van der Waals surface area contributed by atoms with Gasteiger partial charge in [0.15, 0.2) is 0 Å². The summed E-state index contributed by atoms with van der Waals surface area (Å²) in [6.07, 6.45) is 0.559. The third-order valence-corrected chi connectivity index (χ3v) is 7.49. The van der Waals surface area contributed by atoms with Crippen LogP contribution in [-0.4, -0.2) is 44.0 Å². The van der Waals surface area contributed by atoms with Crippen LogP contribution in [0.15, 0.2) is 42.5 Å². The molecule has 34 heavy (non-hydrogen) atoms. The maximum absolute atomic E-state index is 13.6. The minimum absolute atomic E-state index is 0.0873. The first-order valence-electron chi connectivity index (χ1n) is 11.2. The van der Waals surface area contributed by atoms with E-state index in [4.69, 9.17) is 28.3 Å². The highest BCUT2D eigenvalue weighted by molar-refractivity contribution is 6.42. The van der Waals surface area contributed by atoms with Crippen molar-refractivity contribution in [2.24, 2.45) is 0 Å². The van der Waals surface area contributed by atoms with E-state index in [1.54, 1.807) is 44.8 Å². The normalized spacial score (nSPS) is 18.5. The van der Waals surface area contributed by atoms with E-state index >= 15 is 0 Å². The van der Waals surface area contributed by atoms with Crippen molar-refractivity contribution in [3.05, 3.63) is 86.4 Å². The average Bonchev–Trinajstić information content (AvgIpc) is 3.18. The third-order valence-electron chi connectivity index (χ3n) is 6.75. The molecule has 0 bridgehead atoms. The molecule has 6 nitrogen and oxygen atoms in total. The highest BCUT2D eigenvalue weighted by Gasteiger charge is 2.38. The SMILES string of the molecule is CC(c1ccc(F)cc1)N1CCn2nc3c(c2C1=O)CN(C(=O)c1ccc(Cl)c(Cl)c1)[C@H](C)C3. The number of carbonyl (C=O) groups is 2. The van der Waals surface area contributed by atoms with E-state index in [1.807, 2.05) is 13.8 Å². The Morgan fingerprint density at radius 2 is 1.85 bits per heavy atom. The molecule has 0 fully saturated rings. The number of fused-ring (bicyclic) bond motifs is 3. The fraction of sp³-hybridized carbons (Fsp3) is 0.320. The second-order valence-electron chi connectivity index (χ2n) is 8.84. The molecule has 1 aromatic heterocycles. The molecule has 0 N–H and O–H groups in total. The van der Waals surface area contributed by atoms with E-state index in [9.17, 15) is 14.0 Å². The number of aromatic nitrogens is 2. The van der Waals surface area contributed by atoms with Crippen LogP contribution >= 0.6 is 23.2 Å². The van der Waals surface area contributed by atoms with Crippen LogP contribution in [0.1, 0.15) is 57.6 Å². The molecule has 3 aromatic rings. The third kappa shape index (κ3) is 3.87. The number of benzene rings is 2. The smallest absolute Gasteiger partial charge is 0.273 e. The molecule has 3 heterocycles. The Kier molecular flexibility index (Phi) is 5.86. The lowest BCUT2D eigenvalue weighted by molar-refractivity contribution is 0.0605. The summed E-state index contributed by atoms with van der Waals surface area (Å²) in [5, 5.41) is 5.41. The van der Waals surface area contributed by atoms with Crippen LogP contribution in [-0.2, 0) is 19.5 Å². The van der Waals surface area contributed by atoms with Crippen LogP contribution in [0.2, 0.25) is 10.0 Å². The van der Waals surface area contributed by atoms with Crippen LogP contribution in [0.25, 0.3) is 0 Å². The summed E-state index contributed by atoms with van der Waals surface area (Å²) >= 11 is 12.1. The Balaban J connectivity index is 1.44. The van der Waals surface area contributed by atoms with Gasteiger partial charge in [0.25, 0.3) is 11.8 Å². The summed E-state index contributed by atoms with van der Waals surface area (Å²) in [6.45, 7) is 5.27. The maximum atomic E-state index is 13.6. The molecule has 0 radical (unpaired) electrons. The van der Waals surface area contributed by atoms with E-state index < -0.39 is 0 Å². The number of amides is 2. The largest absolute Gasteiger partial charge is 0.331 e. The second-order valence-corrected chi connectivity index (χ2v) is 9.65. The number of hydrogen-bond donors (Lipinski definition) is 0. The molecule has 2 amide bonds. The average molecular weight is 501 g/mol. The number of carbonyl (C=O) groups excluding carboxylic acids is 2. The molecule has 0 saturated carbocycles. The van der Waals surface area contributed by atoms with Crippen molar-refractivity contribution in [3.63, 3.8) is 0 Å². The van der Waals surface area contributed by atoms with Crippen molar-refractivity contribution in [2.75, 3.05) is 6.54 Å². The van der Waals surface area contributed by atoms with Crippen LogP contribution in [0.4, 0.5) is 4.39 Å². The zero-order chi connectivity index (χ0) is 24.1. The molecular weight excluding hydrogens is 478 g/mol. The van der Waals surface area contributed by atoms with Crippen LogP contribution < -0.4 is 0 Å². The molecule has 2 aromatic carbocycles. The molecule has 1 unspecified atom stereocenters. The van der Waals surface area contributed by atoms with Gasteiger partial charge in [0.1, 0.15) is 11.5 Å². The molecule has 2 atom stereocenters. The molecular formula is C25H23Cl2FN4O2. The fourth-order valence-corrected chi connectivity index (χ4v) is 5.09. The van der Waals surface area contributed by atoms with E-state index in [1.165, 1.54) is 12.1 Å². The lowest BCUT2D eigenvalue weighted by atomic mass is 9.97. The van der Waals surface area contributed by atoms with Crippen LogP contribution in [0, 0.1) is 5.82 Å². The van der Waals surface area contributed by atoms with Gasteiger partial charge >= 0.3 is 0 Å². The Labute approximate surface area is 206 Å². The molecule has 9 heteroatoms. The minimum Gasteiger partial charge on any atom is -0.331 e. The van der Waals surface area contributed by atoms with Crippen molar-refractivity contribution in [1.82, 2.24) is 19.6 Å². The highest BCUT2D eigenvalue weighted by Crippen LogP contribution is 2.33. The number of rotatable bonds is 3. The summed E-state index contributed by atoms with van der Waals surface area (Å²) < 4.78 is 15.1. The number of halogens is 3. The van der Waals surface area contributed by atoms with Crippen LogP contribution in [0.3, 0.4) is 0 Å². The van der Waals surface area contributed by atoms with Gasteiger partial charge in [-0.2, -0.15) is 5.10 Å². The standard InChI is InChI=1S/C25H23Cl2FN4O2/c1-14-11-22-19(13-31(14)24(33)17-5-8-20(26)21(27)12-17)23-25(34)30(9-10-32(23)29-22)15(2)16-3-6-18(28)7-4-16/h3-8,12,14-15H,9-11,13H2,1-2H3/t14-,15?/m1/s1. The maximum Gasteiger partial charge on any atom is 0.273 e. The molecule has 176 valence electrons. The molecule has 2 aliphatic rings. The van der Waals surface area contributed by atoms with Gasteiger partial charge in [-0.15, -0.1) is 0 Å². The van der Waals surface area contributed by atoms with E-state index in [0.717, 1.165) is 16.8 Å². The second kappa shape index (κ2) is 8.71. The molecule has 5 rings (SSSR count). The van der Waals surface area contributed by atoms with Crippen molar-refractivity contribution >= 4 is 35.0 Å². The first-order chi connectivity index (χ1) is 16.2. The number of nitrogens with zero attached hydrogens (tertiary/aromatic N) is 4. The summed E-state index contributed by atoms with van der Waals surface area (Å²) in [5.41, 5.74) is 3.47. The lowest BCUT2D eigenvalue weighted by Gasteiger charge is -2.35. The van der Waals surface area contributed by atoms with Crippen molar-refractivity contribution in [3.8, 4) is 0 Å². The van der Waals surface area contributed by atoms with Gasteiger partial charge in [-0.25, -0.2) is 4.39 Å². The first-order valence-corrected chi connectivity index (χ1v) is 11.9. The van der Waals surface area contributed by atoms with Gasteiger partial charge in [0.2, 0.25) is 0 Å². The highest BCUT2D eigenvalue weighted by atomic mass is 35.5. The Bertz CT molecular complexity index is 1290. The van der Waals surface area contributed by atoms with Gasteiger partial charge in [-0.3, -0.25) is 14.3 Å². The fourth-order valence-electron chi connectivity index (χ4n) is 4.79. The summed E-state index contributed by atoms with van der Waals surface area (Å²) in [4.78, 5) is 30.4. The predicted molar refractivity (Wildman–Crippen MR) is 128 cm³/mol. The zero-order valence-corrected chi connectivity index (χ0v) is 20.3. The summed E-state index contributed by atoms with van der Waals surface area (Å²) in [5.74, 6) is -0.612. The lowest BCUT2D eigenvalue weighted by Crippen LogP contribution is -2.44. The summed E-state index contributed by atoms with van der Waals surface area (Å²) in [6, 6.07) is 10.7. The van der Waals surface area contributed by atoms with E-state index in [2.05, 4.69) is 0 Å². The topological polar surface area (TPSA) is 58.4 Å². The predicted octanol–water partition coefficient (Wildman–Crippen LogP) is 5.13. The Hall–Kier alpha value is -2.90. The first kappa shape index (κ1) is 22.9. The van der Waals surface area contributed by atoms with Crippen molar-refractivity contribution < 1.29 is 14.0 Å². The Morgan fingerprint density at radius 3 is 2.56 bits per heavy atom. The Morgan fingerprint density at radius 1 is 1.12 bits per heavy atom. The van der Waals surface area contributed by atoms with Crippen molar-refractivity contribution in [1.29, 1.82) is 0 Å². The van der Waals surface area contributed by atoms with Gasteiger partial charge in [-0.1, -0.05) is 35.3 Å². The van der Waals surface area contributed by atoms with Gasteiger partial charge in [-0.05, 0) is 49.7 Å². The number of hydrogen-bond acceptors (Lipinski definition) is 3. The van der Waals surface area contributed by atoms with E-state index in [0.29, 0.717) is 40.8 Å². The molecule has 2 aliphatic heterocycles. The van der Waals surface area contributed by atoms with Gasteiger partial charge in [0, 0.05) is 30.1 Å². The summed E-state index contributed by atoms with van der Waals surface area (Å²) in [7, 11) is 0. The quantitative estimate of drug-likeness (QED) is 0.500. The molecule has 0 saturated heterocycles. The minimum atomic E-state index is -0.311. The molecule has 0 aliphatic carbocycles. The van der Waals surface area contributed by atoms with Gasteiger partial charge in [0.05, 0.1) is 34.9 Å². The van der Waals surface area contributed by atoms with Crippen molar-refractivity contribution in [2.45, 2.75) is 45.4 Å². The van der Waals surface area contributed by atoms with Gasteiger partial charge < -0.3 is 9.80 Å². The molecule has 0 spiro atoms. The monoisotopic (exact) mass is 500 g/mol. The zero-order valence-electron chi connectivity index (χ0n) is 18.8. The van der Waals surface area contributed by atoms with E-state index in [-0.39, 0.29) is 36.3 Å².